The highest BCUT2D eigenvalue weighted by atomic mass is 15.1. The number of rotatable bonds is 1. The molecule has 0 spiro atoms. The lowest BCUT2D eigenvalue weighted by Gasteiger charge is -1.89. The molecule has 2 aromatic heterocycles. The second-order valence-corrected chi connectivity index (χ2v) is 2.52. The quantitative estimate of drug-likeness (QED) is 0.642. The highest BCUT2D eigenvalue weighted by Crippen LogP contribution is 1.89. The maximum Gasteiger partial charge on any atom is 0.0954 e. The molecular weight excluding hydrogens is 164 g/mol. The van der Waals surface area contributed by atoms with Gasteiger partial charge in [0.25, 0.3) is 0 Å². The van der Waals surface area contributed by atoms with Crippen LogP contribution in [0, 0.1) is 11.8 Å². The number of H-pyrrole nitrogens is 1. The first-order chi connectivity index (χ1) is 6.45. The largest absolute Gasteiger partial charge is 0.326 e. The average Bonchev–Trinajstić information content (AvgIpc) is 2.75. The van der Waals surface area contributed by atoms with Gasteiger partial charge in [-0.1, -0.05) is 11.8 Å². The summed E-state index contributed by atoms with van der Waals surface area (Å²) in [4.78, 5) is 3.91. The Hall–Kier alpha value is -2.02. The predicted molar refractivity (Wildman–Crippen MR) is 47.7 cm³/mol. The Bertz CT molecular complexity index is 402. The van der Waals surface area contributed by atoms with E-state index in [-0.39, 0.29) is 0 Å². The molecule has 2 heterocycles. The van der Waals surface area contributed by atoms with Gasteiger partial charge in [0.15, 0.2) is 0 Å². The summed E-state index contributed by atoms with van der Waals surface area (Å²) in [6.45, 7) is 0.658. The Labute approximate surface area is 75.6 Å². The number of nitrogens with one attached hydrogen (secondary N) is 1. The van der Waals surface area contributed by atoms with Crippen molar-refractivity contribution in [3.8, 4) is 11.8 Å². The lowest BCUT2D eigenvalue weighted by atomic mass is 10.4. The maximum absolute atomic E-state index is 3.91. The first-order valence-electron chi connectivity index (χ1n) is 3.88. The van der Waals surface area contributed by atoms with Crippen molar-refractivity contribution < 1.29 is 0 Å². The molecule has 0 saturated heterocycles. The van der Waals surface area contributed by atoms with E-state index in [9.17, 15) is 0 Å². The molecule has 2 rings (SSSR count). The van der Waals surface area contributed by atoms with Crippen LogP contribution in [0.15, 0.2) is 31.1 Å². The third-order valence-electron chi connectivity index (χ3n) is 1.55. The molecule has 0 fully saturated rings. The summed E-state index contributed by atoms with van der Waals surface area (Å²) in [6.07, 6.45) is 8.81. The van der Waals surface area contributed by atoms with Crippen molar-refractivity contribution in [2.45, 2.75) is 6.54 Å². The fourth-order valence-corrected chi connectivity index (χ4v) is 0.932. The normalized spacial score (nSPS) is 9.23. The van der Waals surface area contributed by atoms with Crippen LogP contribution in [0.25, 0.3) is 0 Å². The highest BCUT2D eigenvalue weighted by Gasteiger charge is 1.85. The Kier molecular flexibility index (Phi) is 2.10. The van der Waals surface area contributed by atoms with E-state index in [1.165, 1.54) is 0 Å². The molecule has 1 N–H and O–H groups in total. The predicted octanol–water partition coefficient (Wildman–Crippen LogP) is 0.658. The number of aromatic amines is 1. The zero-order valence-corrected chi connectivity index (χ0v) is 6.94. The van der Waals surface area contributed by atoms with Gasteiger partial charge in [0.05, 0.1) is 24.6 Å². The van der Waals surface area contributed by atoms with Gasteiger partial charge in [0.2, 0.25) is 0 Å². The molecule has 0 aliphatic carbocycles. The van der Waals surface area contributed by atoms with Crippen LogP contribution in [-0.4, -0.2) is 19.7 Å². The molecule has 0 aliphatic rings. The van der Waals surface area contributed by atoms with Gasteiger partial charge in [-0.3, -0.25) is 5.10 Å². The number of hydrogen-bond acceptors (Lipinski definition) is 2. The van der Waals surface area contributed by atoms with E-state index in [0.717, 1.165) is 5.56 Å². The SMILES string of the molecule is C(#Cc1cn[nH]c1)Cn1ccnc1. The molecule has 4 nitrogen and oxygen atoms in total. The number of hydrogen-bond donors (Lipinski definition) is 1. The van der Waals surface area contributed by atoms with E-state index in [0.29, 0.717) is 6.54 Å². The van der Waals surface area contributed by atoms with Gasteiger partial charge in [-0.15, -0.1) is 0 Å². The van der Waals surface area contributed by atoms with E-state index in [1.807, 2.05) is 10.8 Å². The fourth-order valence-electron chi connectivity index (χ4n) is 0.932. The molecule has 0 aromatic carbocycles. The van der Waals surface area contributed by atoms with Crippen LogP contribution in [0.4, 0.5) is 0 Å². The number of aromatic nitrogens is 4. The Morgan fingerprint density at radius 3 is 3.23 bits per heavy atom. The van der Waals surface area contributed by atoms with Gasteiger partial charge in [0, 0.05) is 18.6 Å². The molecule has 13 heavy (non-hydrogen) atoms. The van der Waals surface area contributed by atoms with Crippen LogP contribution in [0.1, 0.15) is 5.56 Å². The Morgan fingerprint density at radius 2 is 2.54 bits per heavy atom. The van der Waals surface area contributed by atoms with E-state index >= 15 is 0 Å². The van der Waals surface area contributed by atoms with Crippen molar-refractivity contribution in [1.82, 2.24) is 19.7 Å². The van der Waals surface area contributed by atoms with E-state index < -0.39 is 0 Å². The first kappa shape index (κ1) is 7.62. The Balaban J connectivity index is 1.99. The van der Waals surface area contributed by atoms with Gasteiger partial charge >= 0.3 is 0 Å². The minimum atomic E-state index is 0.658. The lowest BCUT2D eigenvalue weighted by Crippen LogP contribution is -1.89. The van der Waals surface area contributed by atoms with Crippen LogP contribution in [0.3, 0.4) is 0 Å². The molecule has 64 valence electrons. The Morgan fingerprint density at radius 1 is 1.54 bits per heavy atom. The van der Waals surface area contributed by atoms with Crippen LogP contribution in [-0.2, 0) is 6.54 Å². The summed E-state index contributed by atoms with van der Waals surface area (Å²) in [5.74, 6) is 5.97. The van der Waals surface area contributed by atoms with Crippen LogP contribution in [0.5, 0.6) is 0 Å². The minimum Gasteiger partial charge on any atom is -0.326 e. The maximum atomic E-state index is 3.91. The van der Waals surface area contributed by atoms with Crippen LogP contribution in [0.2, 0.25) is 0 Å². The molecule has 4 heteroatoms. The second kappa shape index (κ2) is 3.59. The van der Waals surface area contributed by atoms with Crippen molar-refractivity contribution in [3.05, 3.63) is 36.7 Å². The molecule has 0 saturated carbocycles. The molecule has 0 radical (unpaired) electrons. The molecule has 0 unspecified atom stereocenters. The molecule has 2 aromatic rings. The van der Waals surface area contributed by atoms with Crippen molar-refractivity contribution in [2.24, 2.45) is 0 Å². The highest BCUT2D eigenvalue weighted by molar-refractivity contribution is 5.28. The van der Waals surface area contributed by atoms with E-state index in [2.05, 4.69) is 27.0 Å². The van der Waals surface area contributed by atoms with Crippen LogP contribution >= 0.6 is 0 Å². The number of nitrogens with zero attached hydrogens (tertiary/aromatic N) is 3. The third-order valence-corrected chi connectivity index (χ3v) is 1.55. The monoisotopic (exact) mass is 172 g/mol. The molecule has 0 aliphatic heterocycles. The second-order valence-electron chi connectivity index (χ2n) is 2.52. The zero-order chi connectivity index (χ0) is 8.93. The summed E-state index contributed by atoms with van der Waals surface area (Å²) >= 11 is 0. The molecule has 0 bridgehead atoms. The van der Waals surface area contributed by atoms with Crippen molar-refractivity contribution in [2.75, 3.05) is 0 Å². The molecule has 0 atom stereocenters. The summed E-state index contributed by atoms with van der Waals surface area (Å²) in [7, 11) is 0. The van der Waals surface area contributed by atoms with Crippen LogP contribution < -0.4 is 0 Å². The van der Waals surface area contributed by atoms with Crippen molar-refractivity contribution in [3.63, 3.8) is 0 Å². The topological polar surface area (TPSA) is 46.5 Å². The zero-order valence-electron chi connectivity index (χ0n) is 6.94. The molecule has 0 amide bonds. The van der Waals surface area contributed by atoms with Gasteiger partial charge in [-0.2, -0.15) is 5.10 Å². The average molecular weight is 172 g/mol. The molecular formula is C9H8N4. The summed E-state index contributed by atoms with van der Waals surface area (Å²) < 4.78 is 1.91. The number of imidazole rings is 1. The lowest BCUT2D eigenvalue weighted by molar-refractivity contribution is 0.840. The van der Waals surface area contributed by atoms with Gasteiger partial charge in [-0.25, -0.2) is 4.98 Å². The van der Waals surface area contributed by atoms with Crippen molar-refractivity contribution >= 4 is 0 Å². The third kappa shape index (κ3) is 1.97. The fraction of sp³-hybridized carbons (Fsp3) is 0.111. The van der Waals surface area contributed by atoms with E-state index in [1.54, 1.807) is 24.9 Å². The standard InChI is InChI=1S/C9H8N4/c1(2-9-6-11-12-7-9)4-13-5-3-10-8-13/h3,5-8H,4H2,(H,11,12). The first-order valence-corrected chi connectivity index (χ1v) is 3.88. The van der Waals surface area contributed by atoms with Gasteiger partial charge in [0.1, 0.15) is 0 Å². The summed E-state index contributed by atoms with van der Waals surface area (Å²) in [6, 6.07) is 0. The van der Waals surface area contributed by atoms with Crippen molar-refractivity contribution in [1.29, 1.82) is 0 Å². The summed E-state index contributed by atoms with van der Waals surface area (Å²) in [5, 5.41) is 6.49. The van der Waals surface area contributed by atoms with Gasteiger partial charge in [-0.05, 0) is 0 Å². The smallest absolute Gasteiger partial charge is 0.0954 e. The summed E-state index contributed by atoms with van der Waals surface area (Å²) in [5.41, 5.74) is 0.903. The minimum absolute atomic E-state index is 0.658. The van der Waals surface area contributed by atoms with Gasteiger partial charge < -0.3 is 4.57 Å². The van der Waals surface area contributed by atoms with E-state index in [4.69, 9.17) is 0 Å².